The summed E-state index contributed by atoms with van der Waals surface area (Å²) in [5.74, 6) is -0.682. The normalized spacial score (nSPS) is 13.6. The van der Waals surface area contributed by atoms with E-state index in [1.807, 2.05) is 13.8 Å². The summed E-state index contributed by atoms with van der Waals surface area (Å²) in [6.07, 6.45) is 0.876. The van der Waals surface area contributed by atoms with Crippen molar-refractivity contribution in [1.29, 1.82) is 0 Å². The lowest BCUT2D eigenvalue weighted by atomic mass is 9.99. The molecule has 1 aromatic rings. The number of rotatable bonds is 6. The lowest BCUT2D eigenvalue weighted by Gasteiger charge is -2.21. The maximum absolute atomic E-state index is 11.9. The fourth-order valence-electron chi connectivity index (χ4n) is 1.59. The number of nitrogens with one attached hydrogen (secondary N) is 1. The van der Waals surface area contributed by atoms with Crippen LogP contribution in [0.3, 0.4) is 0 Å². The number of amides is 1. The molecule has 106 valence electrons. The van der Waals surface area contributed by atoms with E-state index in [4.69, 9.17) is 10.5 Å². The van der Waals surface area contributed by atoms with Crippen molar-refractivity contribution in [2.45, 2.75) is 32.7 Å². The van der Waals surface area contributed by atoms with Gasteiger partial charge in [-0.05, 0) is 5.92 Å². The van der Waals surface area contributed by atoms with E-state index in [0.29, 0.717) is 10.8 Å². The molecule has 0 aliphatic heterocycles. The highest BCUT2D eigenvalue weighted by molar-refractivity contribution is 7.13. The summed E-state index contributed by atoms with van der Waals surface area (Å²) in [4.78, 5) is 27.5. The molecule has 1 rings (SSSR count). The Hall–Kier alpha value is -1.63. The number of esters is 1. The fraction of sp³-hybridized carbons (Fsp3) is 0.583. The van der Waals surface area contributed by atoms with Gasteiger partial charge in [-0.3, -0.25) is 4.79 Å². The van der Waals surface area contributed by atoms with Gasteiger partial charge in [-0.25, -0.2) is 9.78 Å². The Morgan fingerprint density at radius 2 is 2.26 bits per heavy atom. The summed E-state index contributed by atoms with van der Waals surface area (Å²) in [7, 11) is 1.31. The topological polar surface area (TPSA) is 94.3 Å². The SMILES string of the molecule is CCC(C)C(NC(=O)Cc1csc(N)n1)C(=O)OC. The highest BCUT2D eigenvalue weighted by Crippen LogP contribution is 2.13. The van der Waals surface area contributed by atoms with E-state index < -0.39 is 12.0 Å². The van der Waals surface area contributed by atoms with Crippen LogP contribution in [-0.2, 0) is 20.7 Å². The van der Waals surface area contributed by atoms with Crippen LogP contribution in [-0.4, -0.2) is 30.0 Å². The molecule has 0 aromatic carbocycles. The minimum absolute atomic E-state index is 0.0110. The van der Waals surface area contributed by atoms with E-state index in [2.05, 4.69) is 10.3 Å². The Kier molecular flexibility index (Phi) is 5.75. The zero-order valence-corrected chi connectivity index (χ0v) is 12.1. The number of hydrogen-bond donors (Lipinski definition) is 2. The van der Waals surface area contributed by atoms with E-state index in [9.17, 15) is 9.59 Å². The van der Waals surface area contributed by atoms with E-state index in [0.717, 1.165) is 6.42 Å². The molecule has 0 saturated heterocycles. The highest BCUT2D eigenvalue weighted by Gasteiger charge is 2.26. The number of ether oxygens (including phenoxy) is 1. The van der Waals surface area contributed by atoms with Crippen LogP contribution in [0, 0.1) is 5.92 Å². The Labute approximate surface area is 116 Å². The van der Waals surface area contributed by atoms with Crippen molar-refractivity contribution in [3.63, 3.8) is 0 Å². The minimum atomic E-state index is -0.626. The Balaban J connectivity index is 2.63. The molecule has 1 aromatic heterocycles. The summed E-state index contributed by atoms with van der Waals surface area (Å²) in [5, 5.41) is 4.84. The first-order valence-corrected chi connectivity index (χ1v) is 6.93. The van der Waals surface area contributed by atoms with Gasteiger partial charge in [0.2, 0.25) is 5.91 Å². The third-order valence-corrected chi connectivity index (χ3v) is 3.62. The lowest BCUT2D eigenvalue weighted by molar-refractivity contribution is -0.146. The molecule has 3 N–H and O–H groups in total. The summed E-state index contributed by atoms with van der Waals surface area (Å²) in [6.45, 7) is 3.84. The van der Waals surface area contributed by atoms with Crippen LogP contribution in [0.5, 0.6) is 0 Å². The molecule has 0 spiro atoms. The van der Waals surface area contributed by atoms with Crippen LogP contribution in [0.1, 0.15) is 26.0 Å². The monoisotopic (exact) mass is 285 g/mol. The zero-order valence-electron chi connectivity index (χ0n) is 11.3. The third kappa shape index (κ3) is 4.51. The number of nitrogens with two attached hydrogens (primary N) is 1. The van der Waals surface area contributed by atoms with Crippen molar-refractivity contribution in [3.8, 4) is 0 Å². The van der Waals surface area contributed by atoms with Gasteiger partial charge in [-0.2, -0.15) is 0 Å². The number of methoxy groups -OCH3 is 1. The molecule has 0 aliphatic rings. The number of hydrogen-bond acceptors (Lipinski definition) is 6. The van der Waals surface area contributed by atoms with Crippen LogP contribution in [0.4, 0.5) is 5.13 Å². The first-order valence-electron chi connectivity index (χ1n) is 6.05. The second kappa shape index (κ2) is 7.08. The van der Waals surface area contributed by atoms with Gasteiger partial charge in [0.1, 0.15) is 6.04 Å². The Morgan fingerprint density at radius 1 is 1.58 bits per heavy atom. The van der Waals surface area contributed by atoms with E-state index in [1.165, 1.54) is 18.4 Å². The first kappa shape index (κ1) is 15.4. The number of thiazole rings is 1. The number of nitrogens with zero attached hydrogens (tertiary/aromatic N) is 1. The molecule has 0 saturated carbocycles. The Morgan fingerprint density at radius 3 is 2.74 bits per heavy atom. The summed E-state index contributed by atoms with van der Waals surface area (Å²) < 4.78 is 4.70. The molecule has 0 bridgehead atoms. The van der Waals surface area contributed by atoms with Gasteiger partial charge < -0.3 is 15.8 Å². The minimum Gasteiger partial charge on any atom is -0.467 e. The van der Waals surface area contributed by atoms with Crippen LogP contribution in [0.2, 0.25) is 0 Å². The fourth-order valence-corrected chi connectivity index (χ4v) is 2.15. The molecular weight excluding hydrogens is 266 g/mol. The highest BCUT2D eigenvalue weighted by atomic mass is 32.1. The molecule has 0 radical (unpaired) electrons. The quantitative estimate of drug-likeness (QED) is 0.760. The molecule has 0 fully saturated rings. The van der Waals surface area contributed by atoms with Crippen LogP contribution >= 0.6 is 11.3 Å². The second-order valence-corrected chi connectivity index (χ2v) is 5.20. The predicted octanol–water partition coefficient (Wildman–Crippen LogP) is 0.972. The van der Waals surface area contributed by atoms with Gasteiger partial charge in [0, 0.05) is 5.38 Å². The second-order valence-electron chi connectivity index (χ2n) is 4.31. The number of carbonyl (C=O) groups is 2. The van der Waals surface area contributed by atoms with Crippen molar-refractivity contribution < 1.29 is 14.3 Å². The van der Waals surface area contributed by atoms with Gasteiger partial charge >= 0.3 is 5.97 Å². The zero-order chi connectivity index (χ0) is 14.4. The maximum atomic E-state index is 11.9. The summed E-state index contributed by atoms with van der Waals surface area (Å²) in [5.41, 5.74) is 6.10. The number of nitrogen functional groups attached to an aromatic ring is 1. The summed E-state index contributed by atoms with van der Waals surface area (Å²) in [6, 6.07) is -0.626. The molecular formula is C12H19N3O3S. The third-order valence-electron chi connectivity index (χ3n) is 2.90. The molecule has 2 atom stereocenters. The van der Waals surface area contributed by atoms with Crippen molar-refractivity contribution in [2.24, 2.45) is 5.92 Å². The molecule has 19 heavy (non-hydrogen) atoms. The molecule has 0 aliphatic carbocycles. The predicted molar refractivity (Wildman–Crippen MR) is 73.6 cm³/mol. The van der Waals surface area contributed by atoms with Gasteiger partial charge in [0.25, 0.3) is 0 Å². The van der Waals surface area contributed by atoms with Crippen molar-refractivity contribution in [1.82, 2.24) is 10.3 Å². The van der Waals surface area contributed by atoms with E-state index >= 15 is 0 Å². The van der Waals surface area contributed by atoms with E-state index in [-0.39, 0.29) is 18.2 Å². The number of aromatic nitrogens is 1. The van der Waals surface area contributed by atoms with E-state index in [1.54, 1.807) is 5.38 Å². The standard InChI is InChI=1S/C12H19N3O3S/c1-4-7(2)10(11(17)18-3)15-9(16)5-8-6-19-12(13)14-8/h6-7,10H,4-5H2,1-3H3,(H2,13,14)(H,15,16). The van der Waals surface area contributed by atoms with Gasteiger partial charge in [0.15, 0.2) is 5.13 Å². The van der Waals surface area contributed by atoms with Crippen LogP contribution in [0.15, 0.2) is 5.38 Å². The average Bonchev–Trinajstić information content (AvgIpc) is 2.79. The van der Waals surface area contributed by atoms with Crippen molar-refractivity contribution >= 4 is 28.3 Å². The molecule has 2 unspecified atom stereocenters. The average molecular weight is 285 g/mol. The molecule has 6 nitrogen and oxygen atoms in total. The molecule has 7 heteroatoms. The number of anilines is 1. The molecule has 1 amide bonds. The van der Waals surface area contributed by atoms with Crippen molar-refractivity contribution in [3.05, 3.63) is 11.1 Å². The maximum Gasteiger partial charge on any atom is 0.328 e. The van der Waals surface area contributed by atoms with Gasteiger partial charge in [-0.1, -0.05) is 20.3 Å². The van der Waals surface area contributed by atoms with Crippen LogP contribution in [0.25, 0.3) is 0 Å². The smallest absolute Gasteiger partial charge is 0.328 e. The Bertz CT molecular complexity index is 447. The largest absolute Gasteiger partial charge is 0.467 e. The lowest BCUT2D eigenvalue weighted by Crippen LogP contribution is -2.46. The first-order chi connectivity index (χ1) is 8.97. The van der Waals surface area contributed by atoms with Crippen molar-refractivity contribution in [2.75, 3.05) is 12.8 Å². The number of carbonyl (C=O) groups excluding carboxylic acids is 2. The van der Waals surface area contributed by atoms with Crippen LogP contribution < -0.4 is 11.1 Å². The van der Waals surface area contributed by atoms with Gasteiger partial charge in [0.05, 0.1) is 19.2 Å². The molecule has 1 heterocycles. The van der Waals surface area contributed by atoms with Gasteiger partial charge in [-0.15, -0.1) is 11.3 Å². The summed E-state index contributed by atoms with van der Waals surface area (Å²) >= 11 is 1.28.